The molecule has 3 N–H and O–H groups in total. The normalized spacial score (nSPS) is 15.7. The van der Waals surface area contributed by atoms with Crippen LogP contribution in [0, 0.1) is 5.82 Å². The summed E-state index contributed by atoms with van der Waals surface area (Å²) < 4.78 is 14.9. The van der Waals surface area contributed by atoms with Crippen molar-refractivity contribution in [3.63, 3.8) is 0 Å². The number of hydrogen-bond acceptors (Lipinski definition) is 6. The van der Waals surface area contributed by atoms with Gasteiger partial charge in [-0.25, -0.2) is 14.1 Å². The number of para-hydroxylation sites is 1. The van der Waals surface area contributed by atoms with Crippen LogP contribution in [0.1, 0.15) is 12.0 Å². The lowest BCUT2D eigenvalue weighted by atomic mass is 10.1. The fourth-order valence-electron chi connectivity index (χ4n) is 3.16. The second-order valence-electron chi connectivity index (χ2n) is 6.69. The molecule has 1 unspecified atom stereocenters. The lowest BCUT2D eigenvalue weighted by Crippen LogP contribution is -2.39. The van der Waals surface area contributed by atoms with E-state index >= 15 is 0 Å². The lowest BCUT2D eigenvalue weighted by Gasteiger charge is -2.20. The Hall–Kier alpha value is -4.08. The van der Waals surface area contributed by atoms with Crippen LogP contribution in [-0.2, 0) is 16.1 Å². The van der Waals surface area contributed by atoms with E-state index in [4.69, 9.17) is 5.73 Å². The van der Waals surface area contributed by atoms with Crippen molar-refractivity contribution in [1.82, 2.24) is 14.8 Å². The van der Waals surface area contributed by atoms with Crippen molar-refractivity contribution in [2.45, 2.75) is 19.0 Å². The number of anilines is 2. The number of aromatic nitrogens is 3. The van der Waals surface area contributed by atoms with Gasteiger partial charge in [-0.15, -0.1) is 0 Å². The molecule has 0 aliphatic carbocycles. The minimum Gasteiger partial charge on any atom is -0.368 e. The molecule has 152 valence electrons. The molecule has 10 heteroatoms. The summed E-state index contributed by atoms with van der Waals surface area (Å²) in [4.78, 5) is 28.7. The molecule has 2 aromatic carbocycles. The summed E-state index contributed by atoms with van der Waals surface area (Å²) in [5.74, 6) is -1.49. The van der Waals surface area contributed by atoms with Gasteiger partial charge in [0.05, 0.1) is 12.2 Å². The van der Waals surface area contributed by atoms with E-state index in [0.29, 0.717) is 17.9 Å². The highest BCUT2D eigenvalue weighted by Gasteiger charge is 2.35. The van der Waals surface area contributed by atoms with Gasteiger partial charge in [0.15, 0.2) is 0 Å². The fraction of sp³-hybridized carbons (Fsp3) is 0.150. The minimum atomic E-state index is -0.832. The number of primary amides is 1. The van der Waals surface area contributed by atoms with E-state index in [1.807, 2.05) is 12.1 Å². The molecular weight excluding hydrogens is 389 g/mol. The summed E-state index contributed by atoms with van der Waals surface area (Å²) in [6, 6.07) is 11.9. The van der Waals surface area contributed by atoms with Crippen LogP contribution in [0.15, 0.2) is 66.3 Å². The van der Waals surface area contributed by atoms with Gasteiger partial charge in [-0.05, 0) is 35.9 Å². The summed E-state index contributed by atoms with van der Waals surface area (Å²) in [6.07, 6.45) is 3.06. The molecule has 0 spiro atoms. The molecule has 9 nitrogen and oxygen atoms in total. The topological polar surface area (TPSA) is 118 Å². The Morgan fingerprint density at radius 2 is 1.93 bits per heavy atom. The first kappa shape index (κ1) is 19.2. The second kappa shape index (κ2) is 8.11. The molecule has 2 amide bonds. The number of carbonyl (C=O) groups is 2. The molecule has 30 heavy (non-hydrogen) atoms. The molecular formula is C20H18FN7O2. The first-order chi connectivity index (χ1) is 14.5. The van der Waals surface area contributed by atoms with Gasteiger partial charge < -0.3 is 11.1 Å². The third-order valence-electron chi connectivity index (χ3n) is 4.66. The lowest BCUT2D eigenvalue weighted by molar-refractivity contribution is -0.119. The number of rotatable bonds is 6. The molecule has 0 saturated heterocycles. The van der Waals surface area contributed by atoms with Crippen molar-refractivity contribution in [2.75, 3.05) is 10.3 Å². The Kier molecular flexibility index (Phi) is 5.21. The van der Waals surface area contributed by atoms with E-state index in [-0.39, 0.29) is 12.1 Å². The van der Waals surface area contributed by atoms with Crippen LogP contribution < -0.4 is 16.1 Å². The summed E-state index contributed by atoms with van der Waals surface area (Å²) in [6.45, 7) is 0.425. The predicted octanol–water partition coefficient (Wildman–Crippen LogP) is 1.52. The van der Waals surface area contributed by atoms with Crippen molar-refractivity contribution in [2.24, 2.45) is 10.8 Å². The number of hydrogen-bond donors (Lipinski definition) is 2. The van der Waals surface area contributed by atoms with Gasteiger partial charge >= 0.3 is 0 Å². The zero-order valence-electron chi connectivity index (χ0n) is 15.8. The smallest absolute Gasteiger partial charge is 0.271 e. The maximum Gasteiger partial charge on any atom is 0.271 e. The molecule has 0 bridgehead atoms. The van der Waals surface area contributed by atoms with Crippen LogP contribution in [0.3, 0.4) is 0 Å². The van der Waals surface area contributed by atoms with E-state index in [9.17, 15) is 14.0 Å². The average molecular weight is 407 g/mol. The van der Waals surface area contributed by atoms with Crippen molar-refractivity contribution in [3.8, 4) is 0 Å². The average Bonchev–Trinajstić information content (AvgIpc) is 3.40. The van der Waals surface area contributed by atoms with Gasteiger partial charge in [0.25, 0.3) is 5.91 Å². The molecule has 1 aromatic heterocycles. The zero-order valence-corrected chi connectivity index (χ0v) is 15.8. The van der Waals surface area contributed by atoms with Gasteiger partial charge in [-0.3, -0.25) is 14.6 Å². The molecule has 0 fully saturated rings. The molecule has 1 aliphatic heterocycles. The molecule has 2 heterocycles. The number of halogens is 1. The molecule has 4 rings (SSSR count). The van der Waals surface area contributed by atoms with Crippen LogP contribution in [0.25, 0.3) is 0 Å². The number of benzene rings is 2. The number of amides is 2. The Morgan fingerprint density at radius 1 is 1.17 bits per heavy atom. The van der Waals surface area contributed by atoms with Crippen LogP contribution in [0.4, 0.5) is 15.8 Å². The SMILES string of the molecule is NC(=O)C1CC(C(=O)Nc2ccccc2Cn2cncn2)=NN1c1ccc(F)cc1. The molecule has 0 saturated carbocycles. The largest absolute Gasteiger partial charge is 0.368 e. The molecule has 0 radical (unpaired) electrons. The summed E-state index contributed by atoms with van der Waals surface area (Å²) >= 11 is 0. The van der Waals surface area contributed by atoms with Crippen molar-refractivity contribution in [1.29, 1.82) is 0 Å². The van der Waals surface area contributed by atoms with E-state index in [0.717, 1.165) is 5.56 Å². The Bertz CT molecular complexity index is 1100. The van der Waals surface area contributed by atoms with Crippen molar-refractivity contribution >= 4 is 28.9 Å². The quantitative estimate of drug-likeness (QED) is 0.642. The summed E-state index contributed by atoms with van der Waals surface area (Å²) in [5, 5.41) is 12.5. The summed E-state index contributed by atoms with van der Waals surface area (Å²) in [7, 11) is 0. The molecule has 1 aliphatic rings. The maximum absolute atomic E-state index is 13.2. The van der Waals surface area contributed by atoms with Gasteiger partial charge in [0.1, 0.15) is 30.2 Å². The van der Waals surface area contributed by atoms with Gasteiger partial charge in [-0.2, -0.15) is 10.2 Å². The van der Waals surface area contributed by atoms with Crippen molar-refractivity contribution < 1.29 is 14.0 Å². The Labute approximate surface area is 171 Å². The molecule has 3 aromatic rings. The van der Waals surface area contributed by atoms with E-state index in [2.05, 4.69) is 20.5 Å². The first-order valence-corrected chi connectivity index (χ1v) is 9.14. The van der Waals surface area contributed by atoms with Crippen LogP contribution in [-0.4, -0.2) is 38.3 Å². The highest BCUT2D eigenvalue weighted by Crippen LogP contribution is 2.25. The highest BCUT2D eigenvalue weighted by molar-refractivity contribution is 6.44. The number of carbonyl (C=O) groups excluding carboxylic acids is 2. The maximum atomic E-state index is 13.2. The van der Waals surface area contributed by atoms with Gasteiger partial charge in [0, 0.05) is 12.1 Å². The molecule has 1 atom stereocenters. The number of hydrazone groups is 1. The first-order valence-electron chi connectivity index (χ1n) is 9.14. The summed E-state index contributed by atoms with van der Waals surface area (Å²) in [5.41, 5.74) is 7.54. The number of nitrogens with two attached hydrogens (primary N) is 1. The van der Waals surface area contributed by atoms with Crippen molar-refractivity contribution in [3.05, 3.63) is 72.6 Å². The third kappa shape index (κ3) is 4.02. The highest BCUT2D eigenvalue weighted by atomic mass is 19.1. The number of nitrogens with zero attached hydrogens (tertiary/aromatic N) is 5. The Morgan fingerprint density at radius 3 is 2.63 bits per heavy atom. The standard InChI is InChI=1S/C20H18FN7O2/c21-14-5-7-15(8-6-14)28-18(19(22)29)9-17(26-28)20(30)25-16-4-2-1-3-13(16)10-27-12-23-11-24-27/h1-8,11-12,18H,9-10H2,(H2,22,29)(H,25,30). The fourth-order valence-corrected chi connectivity index (χ4v) is 3.16. The van der Waals surface area contributed by atoms with E-state index in [1.54, 1.807) is 23.1 Å². The second-order valence-corrected chi connectivity index (χ2v) is 6.69. The third-order valence-corrected chi connectivity index (χ3v) is 4.66. The van der Waals surface area contributed by atoms with E-state index < -0.39 is 23.7 Å². The van der Waals surface area contributed by atoms with Crippen LogP contribution >= 0.6 is 0 Å². The van der Waals surface area contributed by atoms with Gasteiger partial charge in [0.2, 0.25) is 5.91 Å². The Balaban J connectivity index is 1.55. The van der Waals surface area contributed by atoms with Gasteiger partial charge in [-0.1, -0.05) is 18.2 Å². The number of nitrogens with one attached hydrogen (secondary N) is 1. The van der Waals surface area contributed by atoms with Crippen LogP contribution in [0.2, 0.25) is 0 Å². The predicted molar refractivity (Wildman–Crippen MR) is 108 cm³/mol. The zero-order chi connectivity index (χ0) is 21.1. The monoisotopic (exact) mass is 407 g/mol. The van der Waals surface area contributed by atoms with E-state index in [1.165, 1.54) is 35.6 Å². The minimum absolute atomic E-state index is 0.0454. The van der Waals surface area contributed by atoms with Crippen LogP contribution in [0.5, 0.6) is 0 Å².